The highest BCUT2D eigenvalue weighted by atomic mass is 16.5. The summed E-state index contributed by atoms with van der Waals surface area (Å²) in [7, 11) is 0. The number of aromatic nitrogens is 1. The molecule has 19 heavy (non-hydrogen) atoms. The summed E-state index contributed by atoms with van der Waals surface area (Å²) in [6.45, 7) is 4.75. The van der Waals surface area contributed by atoms with Crippen molar-refractivity contribution in [1.82, 2.24) is 10.3 Å². The van der Waals surface area contributed by atoms with Crippen LogP contribution in [0.15, 0.2) is 12.1 Å². The topological polar surface area (TPSA) is 77.2 Å². The van der Waals surface area contributed by atoms with Gasteiger partial charge in [0.05, 0.1) is 12.1 Å². The second-order valence-electron chi connectivity index (χ2n) is 4.97. The van der Waals surface area contributed by atoms with Crippen molar-refractivity contribution in [3.05, 3.63) is 23.4 Å². The first-order valence-corrected chi connectivity index (χ1v) is 6.79. The summed E-state index contributed by atoms with van der Waals surface area (Å²) in [5.74, 6) is 0.292. The number of carbonyl (C=O) groups is 1. The molecule has 0 bridgehead atoms. The zero-order valence-electron chi connectivity index (χ0n) is 11.5. The zero-order valence-corrected chi connectivity index (χ0v) is 11.5. The lowest BCUT2D eigenvalue weighted by Gasteiger charge is -2.16. The minimum absolute atomic E-state index is 0.0678. The van der Waals surface area contributed by atoms with E-state index in [4.69, 9.17) is 10.5 Å². The standard InChI is InChI=1S/C14H21N3O2/c1-3-4-11-7-10(8-13(15)16-11)14(18)17-12-5-6-19-9(12)2/h7-9,12H,3-6H2,1-2H3,(H2,15,16)(H,17,18). The van der Waals surface area contributed by atoms with Crippen molar-refractivity contribution < 1.29 is 9.53 Å². The molecule has 0 aromatic carbocycles. The van der Waals surface area contributed by atoms with Gasteiger partial charge in [0.1, 0.15) is 5.82 Å². The van der Waals surface area contributed by atoms with Crippen molar-refractivity contribution in [3.63, 3.8) is 0 Å². The van der Waals surface area contributed by atoms with Crippen LogP contribution in [0.3, 0.4) is 0 Å². The molecule has 2 unspecified atom stereocenters. The molecule has 0 radical (unpaired) electrons. The van der Waals surface area contributed by atoms with Crippen LogP contribution in [0.4, 0.5) is 5.82 Å². The summed E-state index contributed by atoms with van der Waals surface area (Å²) in [6.07, 6.45) is 2.73. The smallest absolute Gasteiger partial charge is 0.251 e. The van der Waals surface area contributed by atoms with E-state index in [1.165, 1.54) is 0 Å². The SMILES string of the molecule is CCCc1cc(C(=O)NC2CCOC2C)cc(N)n1. The molecule has 1 aromatic rings. The van der Waals surface area contributed by atoms with Gasteiger partial charge in [-0.1, -0.05) is 13.3 Å². The highest BCUT2D eigenvalue weighted by Crippen LogP contribution is 2.15. The minimum Gasteiger partial charge on any atom is -0.384 e. The highest BCUT2D eigenvalue weighted by molar-refractivity contribution is 5.95. The minimum atomic E-state index is -0.103. The van der Waals surface area contributed by atoms with Crippen molar-refractivity contribution in [1.29, 1.82) is 0 Å². The van der Waals surface area contributed by atoms with E-state index in [2.05, 4.69) is 17.2 Å². The normalized spacial score (nSPS) is 22.4. The average Bonchev–Trinajstić information content (AvgIpc) is 2.75. The van der Waals surface area contributed by atoms with Gasteiger partial charge < -0.3 is 15.8 Å². The maximum Gasteiger partial charge on any atom is 0.251 e. The van der Waals surface area contributed by atoms with Crippen LogP contribution in [0, 0.1) is 0 Å². The number of hydrogen-bond donors (Lipinski definition) is 2. The number of hydrogen-bond acceptors (Lipinski definition) is 4. The molecule has 3 N–H and O–H groups in total. The van der Waals surface area contributed by atoms with Crippen molar-refractivity contribution in [2.75, 3.05) is 12.3 Å². The van der Waals surface area contributed by atoms with E-state index in [0.717, 1.165) is 25.0 Å². The fourth-order valence-corrected chi connectivity index (χ4v) is 2.30. The maximum atomic E-state index is 12.2. The highest BCUT2D eigenvalue weighted by Gasteiger charge is 2.26. The Morgan fingerprint density at radius 2 is 2.37 bits per heavy atom. The first kappa shape index (κ1) is 13.8. The lowest BCUT2D eigenvalue weighted by atomic mass is 10.1. The van der Waals surface area contributed by atoms with Gasteiger partial charge >= 0.3 is 0 Å². The third-order valence-corrected chi connectivity index (χ3v) is 3.36. The van der Waals surface area contributed by atoms with E-state index in [-0.39, 0.29) is 18.1 Å². The Morgan fingerprint density at radius 1 is 1.58 bits per heavy atom. The molecule has 1 saturated heterocycles. The van der Waals surface area contributed by atoms with Crippen LogP contribution in [0.1, 0.15) is 42.7 Å². The van der Waals surface area contributed by atoms with Gasteiger partial charge in [0.15, 0.2) is 0 Å². The first-order chi connectivity index (χ1) is 9.10. The fourth-order valence-electron chi connectivity index (χ4n) is 2.30. The zero-order chi connectivity index (χ0) is 13.8. The number of anilines is 1. The summed E-state index contributed by atoms with van der Waals surface area (Å²) >= 11 is 0. The van der Waals surface area contributed by atoms with Crippen LogP contribution in [0.2, 0.25) is 0 Å². The number of nitrogens with two attached hydrogens (primary N) is 1. The monoisotopic (exact) mass is 263 g/mol. The van der Waals surface area contributed by atoms with Gasteiger partial charge in [-0.3, -0.25) is 4.79 Å². The molecule has 1 aliphatic rings. The Bertz CT molecular complexity index is 462. The van der Waals surface area contributed by atoms with Crippen molar-refractivity contribution in [2.24, 2.45) is 0 Å². The van der Waals surface area contributed by atoms with Crippen LogP contribution in [-0.2, 0) is 11.2 Å². The van der Waals surface area contributed by atoms with Gasteiger partial charge in [-0.2, -0.15) is 0 Å². The van der Waals surface area contributed by atoms with E-state index in [9.17, 15) is 4.79 Å². The second kappa shape index (κ2) is 6.02. The number of carbonyl (C=O) groups excluding carboxylic acids is 1. The molecule has 1 amide bonds. The molecule has 0 aliphatic carbocycles. The van der Waals surface area contributed by atoms with Crippen LogP contribution in [0.5, 0.6) is 0 Å². The van der Waals surface area contributed by atoms with E-state index < -0.39 is 0 Å². The largest absolute Gasteiger partial charge is 0.384 e. The third-order valence-electron chi connectivity index (χ3n) is 3.36. The number of rotatable bonds is 4. The number of pyridine rings is 1. The van der Waals surface area contributed by atoms with Crippen LogP contribution in [-0.4, -0.2) is 29.6 Å². The Morgan fingerprint density at radius 3 is 3.00 bits per heavy atom. The van der Waals surface area contributed by atoms with E-state index in [1.807, 2.05) is 13.0 Å². The van der Waals surface area contributed by atoms with Crippen molar-refractivity contribution in [3.8, 4) is 0 Å². The molecule has 1 fully saturated rings. The lowest BCUT2D eigenvalue weighted by molar-refractivity contribution is 0.0866. The molecular formula is C14H21N3O2. The van der Waals surface area contributed by atoms with Crippen molar-refractivity contribution in [2.45, 2.75) is 45.3 Å². The van der Waals surface area contributed by atoms with Gasteiger partial charge in [-0.25, -0.2) is 4.98 Å². The van der Waals surface area contributed by atoms with Gasteiger partial charge in [0.2, 0.25) is 0 Å². The Labute approximate surface area is 113 Å². The molecule has 0 spiro atoms. The molecule has 104 valence electrons. The van der Waals surface area contributed by atoms with E-state index >= 15 is 0 Å². The summed E-state index contributed by atoms with van der Waals surface area (Å²) in [5.41, 5.74) is 7.19. The molecule has 2 heterocycles. The summed E-state index contributed by atoms with van der Waals surface area (Å²) in [4.78, 5) is 16.4. The molecule has 2 atom stereocenters. The summed E-state index contributed by atoms with van der Waals surface area (Å²) in [6, 6.07) is 3.52. The Kier molecular flexibility index (Phi) is 4.37. The fraction of sp³-hybridized carbons (Fsp3) is 0.571. The predicted octanol–water partition coefficient (Wildman–Crippen LogP) is 1.52. The molecule has 0 saturated carbocycles. The molecule has 1 aromatic heterocycles. The molecule has 5 heteroatoms. The Balaban J connectivity index is 2.09. The predicted molar refractivity (Wildman–Crippen MR) is 73.9 cm³/mol. The number of aryl methyl sites for hydroxylation is 1. The maximum absolute atomic E-state index is 12.2. The van der Waals surface area contributed by atoms with Crippen molar-refractivity contribution >= 4 is 11.7 Å². The van der Waals surface area contributed by atoms with Crippen LogP contribution < -0.4 is 11.1 Å². The number of nitrogen functional groups attached to an aromatic ring is 1. The quantitative estimate of drug-likeness (QED) is 0.863. The van der Waals surface area contributed by atoms with E-state index in [1.54, 1.807) is 6.07 Å². The number of amides is 1. The first-order valence-electron chi connectivity index (χ1n) is 6.79. The van der Waals surface area contributed by atoms with Gasteiger partial charge in [-0.05, 0) is 31.9 Å². The second-order valence-corrected chi connectivity index (χ2v) is 4.97. The summed E-state index contributed by atoms with van der Waals surface area (Å²) < 4.78 is 5.44. The summed E-state index contributed by atoms with van der Waals surface area (Å²) in [5, 5.41) is 2.99. The van der Waals surface area contributed by atoms with Gasteiger partial charge in [0, 0.05) is 17.9 Å². The molecular weight excluding hydrogens is 242 g/mol. The molecule has 1 aliphatic heterocycles. The van der Waals surface area contributed by atoms with Gasteiger partial charge in [-0.15, -0.1) is 0 Å². The number of nitrogens with zero attached hydrogens (tertiary/aromatic N) is 1. The third kappa shape index (κ3) is 3.44. The Hall–Kier alpha value is -1.62. The average molecular weight is 263 g/mol. The molecule has 5 nitrogen and oxygen atoms in total. The number of ether oxygens (including phenoxy) is 1. The van der Waals surface area contributed by atoms with E-state index in [0.29, 0.717) is 18.0 Å². The van der Waals surface area contributed by atoms with Crippen LogP contribution >= 0.6 is 0 Å². The number of nitrogens with one attached hydrogen (secondary N) is 1. The molecule has 2 rings (SSSR count). The lowest BCUT2D eigenvalue weighted by Crippen LogP contribution is -2.39. The van der Waals surface area contributed by atoms with Crippen LogP contribution in [0.25, 0.3) is 0 Å². The van der Waals surface area contributed by atoms with Gasteiger partial charge in [0.25, 0.3) is 5.91 Å².